The molecule has 3 aromatic rings. The molecule has 2 aliphatic heterocycles. The van der Waals surface area contributed by atoms with Crippen LogP contribution in [-0.4, -0.2) is 59.9 Å². The van der Waals surface area contributed by atoms with Gasteiger partial charge in [-0.2, -0.15) is 17.5 Å². The Kier molecular flexibility index (Phi) is 7.13. The molecule has 0 saturated carbocycles. The lowest BCUT2D eigenvalue weighted by Gasteiger charge is -2.33. The van der Waals surface area contributed by atoms with Gasteiger partial charge in [-0.3, -0.25) is 0 Å². The number of aromatic amines is 1. The predicted molar refractivity (Wildman–Crippen MR) is 134 cm³/mol. The second-order valence-corrected chi connectivity index (χ2v) is 11.5. The minimum absolute atomic E-state index is 0.0669. The molecule has 0 radical (unpaired) electrons. The molecule has 2 fully saturated rings. The number of halogens is 3. The zero-order valence-corrected chi connectivity index (χ0v) is 21.0. The molecule has 5 rings (SSSR count). The molecule has 0 bridgehead atoms. The van der Waals surface area contributed by atoms with E-state index in [4.69, 9.17) is 0 Å². The van der Waals surface area contributed by atoms with E-state index in [9.17, 15) is 21.6 Å². The largest absolute Gasteiger partial charge is 0.417 e. The first-order valence-corrected chi connectivity index (χ1v) is 13.8. The molecule has 0 spiro atoms. The Morgan fingerprint density at radius 2 is 1.62 bits per heavy atom. The quantitative estimate of drug-likeness (QED) is 0.485. The number of alkyl halides is 3. The molecular weight excluding hydrogens is 505 g/mol. The smallest absolute Gasteiger partial charge is 0.371 e. The lowest BCUT2D eigenvalue weighted by molar-refractivity contribution is -0.137. The molecule has 8 nitrogen and oxygen atoms in total. The summed E-state index contributed by atoms with van der Waals surface area (Å²) in [6, 6.07) is 9.29. The highest BCUT2D eigenvalue weighted by Crippen LogP contribution is 2.31. The summed E-state index contributed by atoms with van der Waals surface area (Å²) in [4.78, 5) is 13.7. The molecular formula is C25H29F3N6O2S. The Balaban J connectivity index is 1.14. The van der Waals surface area contributed by atoms with Crippen molar-refractivity contribution in [3.8, 4) is 0 Å². The summed E-state index contributed by atoms with van der Waals surface area (Å²) in [5.74, 6) is 0.810. The number of rotatable bonds is 6. The fourth-order valence-corrected chi connectivity index (χ4v) is 6.48. The molecule has 12 heteroatoms. The van der Waals surface area contributed by atoms with Gasteiger partial charge in [0.15, 0.2) is 0 Å². The highest BCUT2D eigenvalue weighted by molar-refractivity contribution is 7.89. The Hall–Kier alpha value is -3.12. The fourth-order valence-electron chi connectivity index (χ4n) is 5.01. The van der Waals surface area contributed by atoms with Crippen molar-refractivity contribution in [2.45, 2.75) is 48.7 Å². The van der Waals surface area contributed by atoms with Crippen LogP contribution in [0.3, 0.4) is 0 Å². The summed E-state index contributed by atoms with van der Waals surface area (Å²) >= 11 is 0. The Morgan fingerprint density at radius 1 is 0.919 bits per heavy atom. The van der Waals surface area contributed by atoms with Crippen molar-refractivity contribution in [1.29, 1.82) is 0 Å². The second kappa shape index (κ2) is 10.3. The lowest BCUT2D eigenvalue weighted by atomic mass is 9.94. The Bertz CT molecular complexity index is 1270. The van der Waals surface area contributed by atoms with Gasteiger partial charge >= 0.3 is 6.18 Å². The number of anilines is 2. The lowest BCUT2D eigenvalue weighted by Crippen LogP contribution is -2.42. The van der Waals surface area contributed by atoms with Crippen LogP contribution in [0.25, 0.3) is 0 Å². The Labute approximate surface area is 214 Å². The summed E-state index contributed by atoms with van der Waals surface area (Å²) < 4.78 is 66.1. The minimum Gasteiger partial charge on any atom is -0.371 e. The number of piperidine rings is 2. The van der Waals surface area contributed by atoms with Crippen LogP contribution >= 0.6 is 0 Å². The second-order valence-electron chi connectivity index (χ2n) is 9.51. The van der Waals surface area contributed by atoms with Crippen molar-refractivity contribution < 1.29 is 21.6 Å². The molecule has 0 aliphatic carbocycles. The normalized spacial score (nSPS) is 18.7. The van der Waals surface area contributed by atoms with Crippen LogP contribution in [0.15, 0.2) is 60.0 Å². The van der Waals surface area contributed by atoms with Crippen molar-refractivity contribution in [2.24, 2.45) is 0 Å². The topological polar surface area (TPSA) is 94.2 Å². The molecule has 198 valence electrons. The number of nitrogens with zero attached hydrogens (tertiary/aromatic N) is 4. The van der Waals surface area contributed by atoms with Crippen LogP contribution in [0.4, 0.5) is 24.7 Å². The van der Waals surface area contributed by atoms with Crippen molar-refractivity contribution in [2.75, 3.05) is 36.4 Å². The zero-order chi connectivity index (χ0) is 26.0. The van der Waals surface area contributed by atoms with Gasteiger partial charge in [0.25, 0.3) is 0 Å². The molecule has 37 heavy (non-hydrogen) atoms. The number of H-pyrrole nitrogens is 1. The van der Waals surface area contributed by atoms with E-state index in [1.165, 1.54) is 10.4 Å². The zero-order valence-electron chi connectivity index (χ0n) is 20.2. The number of hydrogen-bond acceptors (Lipinski definition) is 6. The van der Waals surface area contributed by atoms with Crippen molar-refractivity contribution in [3.05, 3.63) is 66.4 Å². The first-order valence-electron chi connectivity index (χ1n) is 12.3. The number of nitrogens with one attached hydrogen (secondary N) is 2. The third-order valence-electron chi connectivity index (χ3n) is 7.19. The number of imidazole rings is 1. The van der Waals surface area contributed by atoms with E-state index in [2.05, 4.69) is 25.2 Å². The first-order chi connectivity index (χ1) is 17.7. The summed E-state index contributed by atoms with van der Waals surface area (Å²) in [6.07, 6.45) is 3.03. The maximum Gasteiger partial charge on any atom is 0.417 e. The van der Waals surface area contributed by atoms with Crippen molar-refractivity contribution >= 4 is 21.5 Å². The maximum absolute atomic E-state index is 13.2. The highest BCUT2D eigenvalue weighted by Gasteiger charge is 2.32. The molecule has 2 aromatic heterocycles. The molecule has 0 amide bonds. The first kappa shape index (κ1) is 25.5. The standard InChI is InChI=1S/C25H29F3N6O2S/c26-25(27,28)19-1-6-24(30-15-19)32-20-9-13-34(14-10-20)37(35,36)22-4-2-21(3-5-22)33-11-7-18(8-12-33)23-16-29-17-31-23/h1-6,15-18,20H,7-14H2,(H,29,31)(H,30,32). The van der Waals surface area contributed by atoms with Crippen LogP contribution in [0, 0.1) is 0 Å². The molecule has 2 N–H and O–H groups in total. The van der Waals surface area contributed by atoms with Gasteiger partial charge in [0.2, 0.25) is 10.0 Å². The van der Waals surface area contributed by atoms with Gasteiger partial charge in [-0.15, -0.1) is 0 Å². The Morgan fingerprint density at radius 3 is 2.19 bits per heavy atom. The van der Waals surface area contributed by atoms with E-state index in [0.717, 1.165) is 49.6 Å². The summed E-state index contributed by atoms with van der Waals surface area (Å²) in [5, 5.41) is 3.12. The maximum atomic E-state index is 13.2. The minimum atomic E-state index is -4.43. The number of pyridine rings is 1. The SMILES string of the molecule is O=S(=O)(c1ccc(N2CCC(c3cnc[nH]3)CC2)cc1)N1CCC(Nc2ccc(C(F)(F)F)cn2)CC1. The predicted octanol–water partition coefficient (Wildman–Crippen LogP) is 4.47. The monoisotopic (exact) mass is 534 g/mol. The van der Waals surface area contributed by atoms with Gasteiger partial charge in [-0.1, -0.05) is 0 Å². The highest BCUT2D eigenvalue weighted by atomic mass is 32.2. The van der Waals surface area contributed by atoms with Crippen LogP contribution in [0.1, 0.15) is 42.9 Å². The average molecular weight is 535 g/mol. The molecule has 1 aromatic carbocycles. The van der Waals surface area contributed by atoms with Gasteiger partial charge in [0, 0.05) is 61.9 Å². The third-order valence-corrected chi connectivity index (χ3v) is 9.10. The van der Waals surface area contributed by atoms with Gasteiger partial charge in [0.05, 0.1) is 16.8 Å². The van der Waals surface area contributed by atoms with Gasteiger partial charge in [-0.05, 0) is 62.1 Å². The van der Waals surface area contributed by atoms with E-state index in [-0.39, 0.29) is 10.9 Å². The van der Waals surface area contributed by atoms with E-state index in [0.29, 0.717) is 37.7 Å². The van der Waals surface area contributed by atoms with Gasteiger partial charge < -0.3 is 15.2 Å². The van der Waals surface area contributed by atoms with Crippen molar-refractivity contribution in [1.82, 2.24) is 19.3 Å². The summed E-state index contributed by atoms with van der Waals surface area (Å²) in [6.45, 7) is 2.43. The number of aromatic nitrogens is 3. The van der Waals surface area contributed by atoms with Crippen molar-refractivity contribution in [3.63, 3.8) is 0 Å². The number of hydrogen-bond donors (Lipinski definition) is 2. The number of benzene rings is 1. The molecule has 2 saturated heterocycles. The summed E-state index contributed by atoms with van der Waals surface area (Å²) in [7, 11) is -3.63. The van der Waals surface area contributed by atoms with Gasteiger partial charge in [-0.25, -0.2) is 18.4 Å². The van der Waals surface area contributed by atoms with E-state index in [1.807, 2.05) is 18.3 Å². The van der Waals surface area contributed by atoms with Crippen LogP contribution in [-0.2, 0) is 16.2 Å². The van der Waals surface area contributed by atoms with Crippen LogP contribution < -0.4 is 10.2 Å². The van der Waals surface area contributed by atoms with E-state index in [1.54, 1.807) is 18.5 Å². The fraction of sp³-hybridized carbons (Fsp3) is 0.440. The average Bonchev–Trinajstić information content (AvgIpc) is 3.44. The third kappa shape index (κ3) is 5.74. The van der Waals surface area contributed by atoms with Gasteiger partial charge in [0.1, 0.15) is 5.82 Å². The van der Waals surface area contributed by atoms with Crippen LogP contribution in [0.2, 0.25) is 0 Å². The van der Waals surface area contributed by atoms with Crippen LogP contribution in [0.5, 0.6) is 0 Å². The van der Waals surface area contributed by atoms with E-state index >= 15 is 0 Å². The number of sulfonamides is 1. The molecule has 0 unspecified atom stereocenters. The molecule has 0 atom stereocenters. The van der Waals surface area contributed by atoms with E-state index < -0.39 is 21.8 Å². The summed E-state index contributed by atoms with van der Waals surface area (Å²) in [5.41, 5.74) is 1.37. The molecule has 4 heterocycles. The molecule has 2 aliphatic rings.